The van der Waals surface area contributed by atoms with Gasteiger partial charge in [0.15, 0.2) is 0 Å². The molecule has 1 aliphatic heterocycles. The lowest BCUT2D eigenvalue weighted by Gasteiger charge is -2.41. The lowest BCUT2D eigenvalue weighted by molar-refractivity contribution is -0.178. The molecule has 0 saturated carbocycles. The summed E-state index contributed by atoms with van der Waals surface area (Å²) in [6, 6.07) is 1.68. The van der Waals surface area contributed by atoms with E-state index in [1.807, 2.05) is 0 Å². The standard InChI is InChI=1S/C18H18ClFN4O5S2/c1-7-2-13(9(20)3-8(7)19)31-17-16(27)14(15(26)12(5-25)29-17)24-4-10(22-23-24)11-6-30-18(28)21-11/h2-4,6,12,14-17,25-27H,5H2,1H3,(H,21,28)/t12?,14?,15-,16?,17+/m0/s1. The van der Waals surface area contributed by atoms with Gasteiger partial charge in [0.05, 0.1) is 18.5 Å². The van der Waals surface area contributed by atoms with E-state index in [-0.39, 0.29) is 14.8 Å². The van der Waals surface area contributed by atoms with Crippen molar-refractivity contribution < 1.29 is 24.4 Å². The predicted octanol–water partition coefficient (Wildman–Crippen LogP) is 1.57. The summed E-state index contributed by atoms with van der Waals surface area (Å²) in [5.41, 5.74) is 0.417. The van der Waals surface area contributed by atoms with E-state index in [2.05, 4.69) is 15.3 Å². The van der Waals surface area contributed by atoms with Crippen molar-refractivity contribution in [2.75, 3.05) is 6.61 Å². The van der Waals surface area contributed by atoms with Gasteiger partial charge in [0.2, 0.25) is 0 Å². The Labute approximate surface area is 188 Å². The molecule has 3 heterocycles. The Kier molecular flexibility index (Phi) is 6.49. The third kappa shape index (κ3) is 4.42. The van der Waals surface area contributed by atoms with Crippen molar-refractivity contribution in [1.82, 2.24) is 20.0 Å². The Morgan fingerprint density at radius 2 is 2.16 bits per heavy atom. The zero-order valence-corrected chi connectivity index (χ0v) is 18.4. The van der Waals surface area contributed by atoms with E-state index in [1.165, 1.54) is 23.0 Å². The fourth-order valence-electron chi connectivity index (χ4n) is 3.28. The van der Waals surface area contributed by atoms with Crippen molar-refractivity contribution in [3.8, 4) is 11.4 Å². The molecule has 13 heteroatoms. The molecule has 0 amide bonds. The summed E-state index contributed by atoms with van der Waals surface area (Å²) in [7, 11) is 0. The smallest absolute Gasteiger partial charge is 0.304 e. The van der Waals surface area contributed by atoms with Crippen molar-refractivity contribution in [1.29, 1.82) is 0 Å². The molecule has 31 heavy (non-hydrogen) atoms. The molecule has 4 rings (SSSR count). The average Bonchev–Trinajstić information content (AvgIpc) is 3.37. The van der Waals surface area contributed by atoms with Gasteiger partial charge in [-0.25, -0.2) is 9.07 Å². The molecule has 0 bridgehead atoms. The van der Waals surface area contributed by atoms with Gasteiger partial charge in [-0.1, -0.05) is 39.9 Å². The number of benzene rings is 1. The monoisotopic (exact) mass is 488 g/mol. The van der Waals surface area contributed by atoms with E-state index in [1.54, 1.807) is 12.3 Å². The summed E-state index contributed by atoms with van der Waals surface area (Å²) in [4.78, 5) is 13.9. The number of aromatic amines is 1. The first kappa shape index (κ1) is 22.4. The Morgan fingerprint density at radius 3 is 2.84 bits per heavy atom. The SMILES string of the molecule is Cc1cc(S[C@H]2OC(CO)[C@H](O)C(n3cc(-c4csc(=O)[nH]4)nn3)C2O)c(F)cc1Cl. The zero-order chi connectivity index (χ0) is 22.3. The Morgan fingerprint density at radius 1 is 1.39 bits per heavy atom. The van der Waals surface area contributed by atoms with Gasteiger partial charge in [-0.2, -0.15) is 0 Å². The summed E-state index contributed by atoms with van der Waals surface area (Å²) >= 11 is 7.82. The van der Waals surface area contributed by atoms with Crippen LogP contribution in [0.1, 0.15) is 11.6 Å². The summed E-state index contributed by atoms with van der Waals surface area (Å²) < 4.78 is 21.3. The molecular formula is C18H18ClFN4O5S2. The van der Waals surface area contributed by atoms with Crippen LogP contribution in [0.4, 0.5) is 4.39 Å². The maximum absolute atomic E-state index is 14.4. The molecule has 5 atom stereocenters. The second kappa shape index (κ2) is 8.98. The number of nitrogens with one attached hydrogen (secondary N) is 1. The molecule has 4 N–H and O–H groups in total. The van der Waals surface area contributed by atoms with Crippen LogP contribution < -0.4 is 4.87 Å². The van der Waals surface area contributed by atoms with Crippen LogP contribution in [0.2, 0.25) is 5.02 Å². The molecule has 0 aliphatic carbocycles. The quantitative estimate of drug-likeness (QED) is 0.425. The van der Waals surface area contributed by atoms with Crippen LogP contribution in [0.5, 0.6) is 0 Å². The van der Waals surface area contributed by atoms with Crippen LogP contribution in [-0.2, 0) is 4.74 Å². The Bertz CT molecular complexity index is 1140. The second-order valence-electron chi connectivity index (χ2n) is 6.99. The lowest BCUT2D eigenvalue weighted by atomic mass is 9.97. The van der Waals surface area contributed by atoms with E-state index in [9.17, 15) is 24.5 Å². The van der Waals surface area contributed by atoms with Crippen LogP contribution >= 0.6 is 34.7 Å². The van der Waals surface area contributed by atoms with Gasteiger partial charge in [-0.3, -0.25) is 4.79 Å². The highest BCUT2D eigenvalue weighted by Gasteiger charge is 2.46. The minimum absolute atomic E-state index is 0.202. The molecule has 0 radical (unpaired) electrons. The third-order valence-electron chi connectivity index (χ3n) is 4.92. The highest BCUT2D eigenvalue weighted by molar-refractivity contribution is 7.99. The topological polar surface area (TPSA) is 133 Å². The molecule has 1 saturated heterocycles. The van der Waals surface area contributed by atoms with Gasteiger partial charge in [-0.05, 0) is 24.6 Å². The molecule has 3 unspecified atom stereocenters. The number of nitrogens with zero attached hydrogens (tertiary/aromatic N) is 3. The number of aromatic nitrogens is 4. The number of aliphatic hydroxyl groups is 3. The van der Waals surface area contributed by atoms with Crippen molar-refractivity contribution in [2.45, 2.75) is 41.6 Å². The van der Waals surface area contributed by atoms with Gasteiger partial charge in [0, 0.05) is 15.3 Å². The molecule has 0 spiro atoms. The number of hydrogen-bond donors (Lipinski definition) is 4. The molecule has 1 aliphatic rings. The van der Waals surface area contributed by atoms with Crippen molar-refractivity contribution in [2.24, 2.45) is 0 Å². The second-order valence-corrected chi connectivity index (χ2v) is 9.38. The Balaban J connectivity index is 1.64. The zero-order valence-electron chi connectivity index (χ0n) is 16.0. The highest BCUT2D eigenvalue weighted by Crippen LogP contribution is 2.39. The fraction of sp³-hybridized carbons (Fsp3) is 0.389. The molecular weight excluding hydrogens is 471 g/mol. The highest BCUT2D eigenvalue weighted by atomic mass is 35.5. The van der Waals surface area contributed by atoms with Gasteiger partial charge in [0.25, 0.3) is 0 Å². The van der Waals surface area contributed by atoms with Crippen molar-refractivity contribution in [3.63, 3.8) is 0 Å². The number of ether oxygens (including phenoxy) is 1. The molecule has 166 valence electrons. The maximum atomic E-state index is 14.4. The van der Waals surface area contributed by atoms with E-state index in [4.69, 9.17) is 16.3 Å². The number of thiazole rings is 1. The van der Waals surface area contributed by atoms with Crippen LogP contribution in [0.15, 0.2) is 33.4 Å². The number of aryl methyl sites for hydroxylation is 1. The Hall–Kier alpha value is -1.80. The van der Waals surface area contributed by atoms with Crippen LogP contribution in [0.3, 0.4) is 0 Å². The van der Waals surface area contributed by atoms with Gasteiger partial charge >= 0.3 is 4.87 Å². The first-order valence-corrected chi connectivity index (χ1v) is 11.3. The van der Waals surface area contributed by atoms with E-state index in [0.29, 0.717) is 17.0 Å². The fourth-order valence-corrected chi connectivity index (χ4v) is 5.16. The van der Waals surface area contributed by atoms with Crippen LogP contribution in [-0.4, -0.2) is 65.7 Å². The predicted molar refractivity (Wildman–Crippen MR) is 113 cm³/mol. The van der Waals surface area contributed by atoms with Crippen molar-refractivity contribution in [3.05, 3.63) is 49.8 Å². The number of thioether (sulfide) groups is 1. The molecule has 1 aromatic carbocycles. The summed E-state index contributed by atoms with van der Waals surface area (Å²) in [6.45, 7) is 1.20. The third-order valence-corrected chi connectivity index (χ3v) is 7.18. The number of rotatable bonds is 5. The van der Waals surface area contributed by atoms with E-state index in [0.717, 1.165) is 23.1 Å². The minimum Gasteiger partial charge on any atom is -0.394 e. The van der Waals surface area contributed by atoms with E-state index < -0.39 is 42.2 Å². The number of hydrogen-bond acceptors (Lipinski definition) is 9. The van der Waals surface area contributed by atoms with Gasteiger partial charge in [-0.15, -0.1) is 5.10 Å². The van der Waals surface area contributed by atoms with Crippen molar-refractivity contribution >= 4 is 34.7 Å². The summed E-state index contributed by atoms with van der Waals surface area (Å²) in [6.07, 6.45) is -2.22. The molecule has 2 aromatic heterocycles. The number of H-pyrrole nitrogens is 1. The minimum atomic E-state index is -1.32. The average molecular weight is 489 g/mol. The maximum Gasteiger partial charge on any atom is 0.304 e. The lowest BCUT2D eigenvalue weighted by Crippen LogP contribution is -2.55. The first-order chi connectivity index (χ1) is 14.8. The summed E-state index contributed by atoms with van der Waals surface area (Å²) in [5.74, 6) is -0.580. The summed E-state index contributed by atoms with van der Waals surface area (Å²) in [5, 5.41) is 41.1. The van der Waals surface area contributed by atoms with Gasteiger partial charge in [0.1, 0.15) is 41.3 Å². The van der Waals surface area contributed by atoms with E-state index >= 15 is 0 Å². The molecule has 9 nitrogen and oxygen atoms in total. The molecule has 1 fully saturated rings. The number of aliphatic hydroxyl groups excluding tert-OH is 3. The number of halogens is 2. The first-order valence-electron chi connectivity index (χ1n) is 9.13. The largest absolute Gasteiger partial charge is 0.394 e. The van der Waals surface area contributed by atoms with Crippen LogP contribution in [0.25, 0.3) is 11.4 Å². The van der Waals surface area contributed by atoms with Gasteiger partial charge < -0.3 is 25.0 Å². The molecule has 3 aromatic rings. The van der Waals surface area contributed by atoms with Crippen LogP contribution in [0, 0.1) is 12.7 Å². The normalized spacial score (nSPS) is 26.3.